The van der Waals surface area contributed by atoms with Gasteiger partial charge in [-0.25, -0.2) is 0 Å². The number of fused-ring (bicyclic) bond motifs is 1. The molecule has 4 atom stereocenters. The maximum absolute atomic E-state index is 10.6. The number of aromatic nitrogens is 2. The van der Waals surface area contributed by atoms with Gasteiger partial charge in [-0.1, -0.05) is 17.7 Å². The van der Waals surface area contributed by atoms with E-state index in [2.05, 4.69) is 14.3 Å². The highest BCUT2D eigenvalue weighted by Crippen LogP contribution is 2.40. The van der Waals surface area contributed by atoms with Crippen LogP contribution in [0.5, 0.6) is 5.75 Å². The Labute approximate surface area is 162 Å². The van der Waals surface area contributed by atoms with Crippen molar-refractivity contribution in [3.63, 3.8) is 0 Å². The molecule has 0 radical (unpaired) electrons. The molecular weight excluding hydrogens is 372 g/mol. The number of nitrogens with zero attached hydrogens (tertiary/aromatic N) is 4. The average molecular weight is 395 g/mol. The number of halogens is 1. The second kappa shape index (κ2) is 7.21. The number of benzene rings is 1. The number of hydrogen-bond acceptors (Lipinski definition) is 7. The van der Waals surface area contributed by atoms with Gasteiger partial charge in [0.25, 0.3) is 0 Å². The number of rotatable bonds is 4. The molecule has 6 nitrogen and oxygen atoms in total. The first-order chi connectivity index (χ1) is 12.5. The molecule has 1 aliphatic carbocycles. The fourth-order valence-corrected chi connectivity index (χ4v) is 4.84. The van der Waals surface area contributed by atoms with Crippen LogP contribution in [0.3, 0.4) is 0 Å². The molecule has 0 spiro atoms. The minimum absolute atomic E-state index is 0.193. The van der Waals surface area contributed by atoms with Gasteiger partial charge in [0.15, 0.2) is 0 Å². The maximum Gasteiger partial charge on any atom is 0.238 e. The fraction of sp³-hybridized carbons (Fsp3) is 0.556. The maximum atomic E-state index is 10.6. The highest BCUT2D eigenvalue weighted by atomic mass is 35.5. The van der Waals surface area contributed by atoms with Crippen LogP contribution in [0.1, 0.15) is 12.8 Å². The summed E-state index contributed by atoms with van der Waals surface area (Å²) in [6.45, 7) is 1.86. The lowest BCUT2D eigenvalue weighted by molar-refractivity contribution is -0.0231. The van der Waals surface area contributed by atoms with Crippen LogP contribution in [-0.2, 0) is 0 Å². The Kier molecular flexibility index (Phi) is 4.94. The first-order valence-electron chi connectivity index (χ1n) is 8.86. The van der Waals surface area contributed by atoms with Gasteiger partial charge in [0, 0.05) is 43.7 Å². The first-order valence-corrected chi connectivity index (χ1v) is 10.0. The van der Waals surface area contributed by atoms with Crippen molar-refractivity contribution in [2.45, 2.75) is 25.0 Å². The van der Waals surface area contributed by atoms with Crippen LogP contribution in [-0.4, -0.2) is 53.9 Å². The topological polar surface area (TPSA) is 61.7 Å². The van der Waals surface area contributed by atoms with Crippen molar-refractivity contribution in [1.82, 2.24) is 9.36 Å². The predicted octanol–water partition coefficient (Wildman–Crippen LogP) is 2.91. The van der Waals surface area contributed by atoms with Crippen LogP contribution in [0.25, 0.3) is 0 Å². The molecule has 0 unspecified atom stereocenters. The van der Waals surface area contributed by atoms with Gasteiger partial charge in [-0.3, -0.25) is 0 Å². The normalized spacial score (nSPS) is 28.1. The third kappa shape index (κ3) is 3.61. The van der Waals surface area contributed by atoms with E-state index in [0.717, 1.165) is 42.8 Å². The second-order valence-electron chi connectivity index (χ2n) is 7.35. The Bertz CT molecular complexity index is 771. The summed E-state index contributed by atoms with van der Waals surface area (Å²) >= 11 is 7.48. The van der Waals surface area contributed by atoms with Crippen molar-refractivity contribution < 1.29 is 9.84 Å². The van der Waals surface area contributed by atoms with E-state index in [4.69, 9.17) is 16.3 Å². The van der Waals surface area contributed by atoms with Gasteiger partial charge in [-0.2, -0.15) is 9.36 Å². The van der Waals surface area contributed by atoms with Gasteiger partial charge in [-0.05, 0) is 42.9 Å². The first kappa shape index (κ1) is 17.8. The van der Waals surface area contributed by atoms with E-state index in [9.17, 15) is 5.11 Å². The monoisotopic (exact) mass is 394 g/mol. The number of aliphatic hydroxyl groups excluding tert-OH is 1. The Hall–Kier alpha value is -1.57. The van der Waals surface area contributed by atoms with E-state index in [1.807, 2.05) is 37.2 Å². The van der Waals surface area contributed by atoms with Crippen molar-refractivity contribution in [2.75, 3.05) is 37.0 Å². The zero-order chi connectivity index (χ0) is 18.3. The van der Waals surface area contributed by atoms with Gasteiger partial charge < -0.3 is 19.6 Å². The third-order valence-electron chi connectivity index (χ3n) is 5.24. The van der Waals surface area contributed by atoms with Gasteiger partial charge in [-0.15, -0.1) is 0 Å². The molecule has 26 heavy (non-hydrogen) atoms. The Morgan fingerprint density at radius 3 is 2.73 bits per heavy atom. The minimum atomic E-state index is -0.457. The standard InChI is InChI=1S/C18H23ClN4O2S/c1-22(2)17-20-18(26-21-17)23-9-11-6-15(24)16(7-12(11)10-23)25-14-5-3-4-13(19)8-14/h3-5,8,11-12,15-16,24H,6-7,9-10H2,1-2H3/t11-,12+,15+,16+/m0/s1. The highest BCUT2D eigenvalue weighted by molar-refractivity contribution is 7.09. The lowest BCUT2D eigenvalue weighted by Crippen LogP contribution is -2.42. The summed E-state index contributed by atoms with van der Waals surface area (Å²) < 4.78 is 10.4. The van der Waals surface area contributed by atoms with Crippen molar-refractivity contribution in [3.05, 3.63) is 29.3 Å². The van der Waals surface area contributed by atoms with Crippen molar-refractivity contribution in [2.24, 2.45) is 11.8 Å². The van der Waals surface area contributed by atoms with Crippen molar-refractivity contribution in [3.8, 4) is 5.75 Å². The molecule has 2 aliphatic rings. The molecular formula is C18H23ClN4O2S. The summed E-state index contributed by atoms with van der Waals surface area (Å²) in [7, 11) is 3.90. The number of anilines is 2. The molecule has 1 N–H and O–H groups in total. The molecule has 8 heteroatoms. The summed E-state index contributed by atoms with van der Waals surface area (Å²) in [4.78, 5) is 8.83. The largest absolute Gasteiger partial charge is 0.488 e. The van der Waals surface area contributed by atoms with Gasteiger partial charge in [0.05, 0.1) is 6.10 Å². The van der Waals surface area contributed by atoms with E-state index < -0.39 is 6.10 Å². The molecule has 2 fully saturated rings. The van der Waals surface area contributed by atoms with Crippen LogP contribution in [0.2, 0.25) is 5.02 Å². The van der Waals surface area contributed by atoms with Crippen LogP contribution in [0.15, 0.2) is 24.3 Å². The molecule has 140 valence electrons. The summed E-state index contributed by atoms with van der Waals surface area (Å²) in [6.07, 6.45) is 0.947. The molecule has 1 aromatic heterocycles. The van der Waals surface area contributed by atoms with E-state index >= 15 is 0 Å². The molecule has 1 saturated carbocycles. The lowest BCUT2D eigenvalue weighted by atomic mass is 9.78. The van der Waals surface area contributed by atoms with Crippen LogP contribution < -0.4 is 14.5 Å². The Balaban J connectivity index is 1.43. The van der Waals surface area contributed by atoms with E-state index in [1.165, 1.54) is 11.5 Å². The summed E-state index contributed by atoms with van der Waals surface area (Å²) in [5.74, 6) is 2.43. The van der Waals surface area contributed by atoms with Gasteiger partial charge in [0.1, 0.15) is 11.9 Å². The molecule has 1 saturated heterocycles. The molecule has 1 aromatic carbocycles. The van der Waals surface area contributed by atoms with Crippen molar-refractivity contribution in [1.29, 1.82) is 0 Å². The number of aliphatic hydroxyl groups is 1. The summed E-state index contributed by atoms with van der Waals surface area (Å²) in [5, 5.41) is 12.2. The van der Waals surface area contributed by atoms with Crippen molar-refractivity contribution >= 4 is 34.2 Å². The zero-order valence-corrected chi connectivity index (χ0v) is 16.5. The van der Waals surface area contributed by atoms with Crippen LogP contribution in [0, 0.1) is 11.8 Å². The second-order valence-corrected chi connectivity index (χ2v) is 8.52. The minimum Gasteiger partial charge on any atom is -0.488 e. The average Bonchev–Trinajstić information content (AvgIpc) is 3.22. The SMILES string of the molecule is CN(C)c1nsc(N2C[C@H]3C[C@@H](Oc4cccc(Cl)c4)[C@H](O)C[C@H]3C2)n1. The van der Waals surface area contributed by atoms with Gasteiger partial charge in [0.2, 0.25) is 11.1 Å². The summed E-state index contributed by atoms with van der Waals surface area (Å²) in [5.41, 5.74) is 0. The molecule has 1 aliphatic heterocycles. The molecule has 4 rings (SSSR count). The predicted molar refractivity (Wildman–Crippen MR) is 105 cm³/mol. The third-order valence-corrected chi connectivity index (χ3v) is 6.25. The smallest absolute Gasteiger partial charge is 0.238 e. The summed E-state index contributed by atoms with van der Waals surface area (Å²) in [6, 6.07) is 7.37. The molecule has 0 bridgehead atoms. The molecule has 0 amide bonds. The number of ether oxygens (including phenoxy) is 1. The lowest BCUT2D eigenvalue weighted by Gasteiger charge is -2.35. The Morgan fingerprint density at radius 2 is 2.04 bits per heavy atom. The van der Waals surface area contributed by atoms with Gasteiger partial charge >= 0.3 is 0 Å². The zero-order valence-electron chi connectivity index (χ0n) is 14.9. The van der Waals surface area contributed by atoms with E-state index in [-0.39, 0.29) is 6.10 Å². The quantitative estimate of drug-likeness (QED) is 0.860. The Morgan fingerprint density at radius 1 is 1.27 bits per heavy atom. The molecule has 2 aromatic rings. The van der Waals surface area contributed by atoms with E-state index in [0.29, 0.717) is 16.9 Å². The number of hydrogen-bond donors (Lipinski definition) is 1. The highest BCUT2D eigenvalue weighted by Gasteiger charge is 2.43. The fourth-order valence-electron chi connectivity index (χ4n) is 3.91. The van der Waals surface area contributed by atoms with E-state index in [1.54, 1.807) is 6.07 Å². The van der Waals surface area contributed by atoms with Crippen LogP contribution in [0.4, 0.5) is 11.1 Å². The van der Waals surface area contributed by atoms with Crippen LogP contribution >= 0.6 is 23.1 Å². The molecule has 2 heterocycles.